The van der Waals surface area contributed by atoms with Crippen LogP contribution in [0.3, 0.4) is 0 Å². The van der Waals surface area contributed by atoms with E-state index in [1.165, 1.54) is 18.2 Å². The van der Waals surface area contributed by atoms with Crippen LogP contribution in [0.15, 0.2) is 89.2 Å². The molecule has 1 fully saturated rings. The molecular formula is C33H32Cl2N4O3S. The summed E-state index contributed by atoms with van der Waals surface area (Å²) in [7, 11) is 0. The second-order valence-corrected chi connectivity index (χ2v) is 12.5. The highest BCUT2D eigenvalue weighted by Gasteiger charge is 2.36. The summed E-state index contributed by atoms with van der Waals surface area (Å²) in [4.78, 5) is 18.5. The van der Waals surface area contributed by atoms with E-state index in [1.807, 2.05) is 79.7 Å². The molecule has 2 aliphatic rings. The Balaban J connectivity index is 1.27. The molecular weight excluding hydrogens is 603 g/mol. The molecule has 0 radical (unpaired) electrons. The number of rotatable bonds is 9. The molecule has 0 amide bonds. The summed E-state index contributed by atoms with van der Waals surface area (Å²) in [5, 5.41) is 10.1. The van der Waals surface area contributed by atoms with E-state index in [4.69, 9.17) is 42.8 Å². The van der Waals surface area contributed by atoms with Gasteiger partial charge in [-0.1, -0.05) is 83.8 Å². The number of fused-ring (bicyclic) bond motifs is 1. The third kappa shape index (κ3) is 7.03. The molecule has 222 valence electrons. The number of carbonyl (C=O) groups excluding carboxylic acids is 1. The van der Waals surface area contributed by atoms with Crippen molar-refractivity contribution in [1.82, 2.24) is 14.8 Å². The monoisotopic (exact) mass is 634 g/mol. The van der Waals surface area contributed by atoms with Gasteiger partial charge in [-0.25, -0.2) is 9.48 Å². The standard InChI is InChI=1S/C33H32Cl2N4O3S/c1-21-29(31(40)42-27-8-3-2-4-9-27)30(23-13-17-26(18-14-23)41-19-22-11-15-25(34)16-12-22)39-32(36-21)37-33(38-39)43-20-24-7-5-6-10-28(24)35/h5-7,10-18,27,30H,2-4,8-9,19-20H2,1H3,(H,36,37,38). The van der Waals surface area contributed by atoms with Crippen molar-refractivity contribution in [2.75, 3.05) is 5.32 Å². The molecule has 43 heavy (non-hydrogen) atoms. The molecule has 3 aromatic carbocycles. The first-order valence-electron chi connectivity index (χ1n) is 14.4. The van der Waals surface area contributed by atoms with Crippen LogP contribution in [0.25, 0.3) is 0 Å². The first-order valence-corrected chi connectivity index (χ1v) is 16.2. The molecule has 6 rings (SSSR count). The first-order chi connectivity index (χ1) is 20.9. The second kappa shape index (κ2) is 13.5. The van der Waals surface area contributed by atoms with Crippen molar-refractivity contribution >= 4 is 46.9 Å². The highest BCUT2D eigenvalue weighted by Crippen LogP contribution is 2.38. The number of halogens is 2. The van der Waals surface area contributed by atoms with Crippen LogP contribution in [0.2, 0.25) is 10.0 Å². The minimum absolute atomic E-state index is 0.0651. The lowest BCUT2D eigenvalue weighted by atomic mass is 9.95. The summed E-state index contributed by atoms with van der Waals surface area (Å²) in [6, 6.07) is 22.6. The number of hydrogen-bond donors (Lipinski definition) is 1. The smallest absolute Gasteiger partial charge is 0.338 e. The summed E-state index contributed by atoms with van der Waals surface area (Å²) in [5.74, 6) is 1.59. The lowest BCUT2D eigenvalue weighted by Crippen LogP contribution is -2.32. The van der Waals surface area contributed by atoms with Crippen molar-refractivity contribution in [2.24, 2.45) is 0 Å². The minimum atomic E-state index is -0.514. The van der Waals surface area contributed by atoms with Crippen LogP contribution in [0.4, 0.5) is 5.95 Å². The Hall–Kier alpha value is -3.46. The zero-order valence-corrected chi connectivity index (χ0v) is 26.1. The van der Waals surface area contributed by atoms with Crippen LogP contribution in [-0.2, 0) is 21.9 Å². The van der Waals surface area contributed by atoms with E-state index in [-0.39, 0.29) is 12.1 Å². The molecule has 2 heterocycles. The number of carbonyl (C=O) groups is 1. The maximum absolute atomic E-state index is 13.7. The second-order valence-electron chi connectivity index (χ2n) is 10.8. The molecule has 10 heteroatoms. The number of hydrogen-bond acceptors (Lipinski definition) is 7. The fourth-order valence-electron chi connectivity index (χ4n) is 5.41. The Morgan fingerprint density at radius 3 is 2.49 bits per heavy atom. The fraction of sp³-hybridized carbons (Fsp3) is 0.303. The van der Waals surface area contributed by atoms with E-state index in [1.54, 1.807) is 4.68 Å². The predicted molar refractivity (Wildman–Crippen MR) is 171 cm³/mol. The van der Waals surface area contributed by atoms with Crippen molar-refractivity contribution in [3.05, 3.63) is 111 Å². The molecule has 1 N–H and O–H groups in total. The summed E-state index contributed by atoms with van der Waals surface area (Å²) in [5.41, 5.74) is 4.14. The third-order valence-electron chi connectivity index (χ3n) is 7.71. The van der Waals surface area contributed by atoms with Gasteiger partial charge in [0.2, 0.25) is 11.1 Å². The van der Waals surface area contributed by atoms with Gasteiger partial charge in [0.1, 0.15) is 24.5 Å². The van der Waals surface area contributed by atoms with Crippen molar-refractivity contribution < 1.29 is 14.3 Å². The molecule has 1 atom stereocenters. The van der Waals surface area contributed by atoms with Gasteiger partial charge in [0.25, 0.3) is 0 Å². The molecule has 4 aromatic rings. The van der Waals surface area contributed by atoms with E-state index in [9.17, 15) is 4.79 Å². The van der Waals surface area contributed by atoms with Gasteiger partial charge >= 0.3 is 5.97 Å². The number of allylic oxidation sites excluding steroid dienone is 1. The Labute approximate surface area is 265 Å². The number of nitrogens with one attached hydrogen (secondary N) is 1. The van der Waals surface area contributed by atoms with E-state index in [0.29, 0.717) is 44.8 Å². The van der Waals surface area contributed by atoms with Gasteiger partial charge in [-0.3, -0.25) is 0 Å². The summed E-state index contributed by atoms with van der Waals surface area (Å²) in [6.45, 7) is 2.31. The first kappa shape index (κ1) is 29.6. The topological polar surface area (TPSA) is 78.3 Å². The average Bonchev–Trinajstić information content (AvgIpc) is 3.43. The van der Waals surface area contributed by atoms with Crippen LogP contribution in [0.5, 0.6) is 5.75 Å². The summed E-state index contributed by atoms with van der Waals surface area (Å²) >= 11 is 13.9. The lowest BCUT2D eigenvalue weighted by Gasteiger charge is -2.30. The van der Waals surface area contributed by atoms with Crippen LogP contribution < -0.4 is 10.1 Å². The number of anilines is 1. The maximum atomic E-state index is 13.7. The Bertz CT molecular complexity index is 1620. The van der Waals surface area contributed by atoms with Crippen LogP contribution in [0.1, 0.15) is 61.8 Å². The van der Waals surface area contributed by atoms with Gasteiger partial charge in [0.15, 0.2) is 0 Å². The largest absolute Gasteiger partial charge is 0.489 e. The molecule has 0 saturated heterocycles. The van der Waals surface area contributed by atoms with E-state index < -0.39 is 6.04 Å². The molecule has 1 unspecified atom stereocenters. The number of aromatic nitrogens is 3. The summed E-state index contributed by atoms with van der Waals surface area (Å²) in [6.07, 6.45) is 5.07. The average molecular weight is 636 g/mol. The fourth-order valence-corrected chi connectivity index (χ4v) is 6.66. The van der Waals surface area contributed by atoms with Gasteiger partial charge in [-0.2, -0.15) is 4.98 Å². The Kier molecular flexibility index (Phi) is 9.26. The van der Waals surface area contributed by atoms with Crippen LogP contribution >= 0.6 is 35.0 Å². The molecule has 1 aliphatic carbocycles. The number of nitrogens with zero attached hydrogens (tertiary/aromatic N) is 3. The number of esters is 1. The molecule has 1 aliphatic heterocycles. The summed E-state index contributed by atoms with van der Waals surface area (Å²) < 4.78 is 13.9. The van der Waals surface area contributed by atoms with E-state index >= 15 is 0 Å². The highest BCUT2D eigenvalue weighted by atomic mass is 35.5. The number of benzene rings is 3. The zero-order valence-electron chi connectivity index (χ0n) is 23.8. The van der Waals surface area contributed by atoms with Gasteiger partial charge < -0.3 is 14.8 Å². The third-order valence-corrected chi connectivity index (χ3v) is 9.22. The van der Waals surface area contributed by atoms with Crippen molar-refractivity contribution in [3.63, 3.8) is 0 Å². The van der Waals surface area contributed by atoms with Crippen LogP contribution in [-0.4, -0.2) is 26.8 Å². The number of thioether (sulfide) groups is 1. The molecule has 0 bridgehead atoms. The maximum Gasteiger partial charge on any atom is 0.338 e. The van der Waals surface area contributed by atoms with E-state index in [0.717, 1.165) is 48.1 Å². The Morgan fingerprint density at radius 1 is 1.00 bits per heavy atom. The van der Waals surface area contributed by atoms with Gasteiger partial charge in [-0.15, -0.1) is 5.10 Å². The lowest BCUT2D eigenvalue weighted by molar-refractivity contribution is -0.146. The van der Waals surface area contributed by atoms with Crippen molar-refractivity contribution in [3.8, 4) is 5.75 Å². The minimum Gasteiger partial charge on any atom is -0.489 e. The number of ether oxygens (including phenoxy) is 2. The Morgan fingerprint density at radius 2 is 1.74 bits per heavy atom. The molecule has 1 saturated carbocycles. The normalized spacial score (nSPS) is 16.9. The molecule has 7 nitrogen and oxygen atoms in total. The zero-order chi connectivity index (χ0) is 29.8. The van der Waals surface area contributed by atoms with Crippen molar-refractivity contribution in [1.29, 1.82) is 0 Å². The highest BCUT2D eigenvalue weighted by molar-refractivity contribution is 7.98. The van der Waals surface area contributed by atoms with Crippen LogP contribution in [0, 0.1) is 0 Å². The molecule has 1 aromatic heterocycles. The quantitative estimate of drug-likeness (QED) is 0.146. The van der Waals surface area contributed by atoms with Gasteiger partial charge in [-0.05, 0) is 79.6 Å². The molecule has 0 spiro atoms. The predicted octanol–water partition coefficient (Wildman–Crippen LogP) is 8.62. The van der Waals surface area contributed by atoms with Gasteiger partial charge in [0, 0.05) is 21.5 Å². The van der Waals surface area contributed by atoms with Crippen molar-refractivity contribution in [2.45, 2.75) is 68.7 Å². The van der Waals surface area contributed by atoms with E-state index in [2.05, 4.69) is 5.32 Å². The SMILES string of the molecule is CC1=C(C(=O)OC2CCCCC2)C(c2ccc(OCc3ccc(Cl)cc3)cc2)n2nc(SCc3ccccc3Cl)nc2N1. The van der Waals surface area contributed by atoms with Gasteiger partial charge in [0.05, 0.1) is 5.57 Å².